The van der Waals surface area contributed by atoms with E-state index in [0.29, 0.717) is 11.5 Å². The highest BCUT2D eigenvalue weighted by Crippen LogP contribution is 2.49. The smallest absolute Gasteiger partial charge is 0.123 e. The van der Waals surface area contributed by atoms with Crippen LogP contribution in [0, 0.1) is 5.41 Å². The lowest BCUT2D eigenvalue weighted by Crippen LogP contribution is -2.35. The van der Waals surface area contributed by atoms with Crippen molar-refractivity contribution in [3.63, 3.8) is 0 Å². The predicted octanol–water partition coefficient (Wildman–Crippen LogP) is 4.32. The van der Waals surface area contributed by atoms with Crippen LogP contribution in [-0.2, 0) is 0 Å². The summed E-state index contributed by atoms with van der Waals surface area (Å²) in [5, 5.41) is 3.76. The summed E-state index contributed by atoms with van der Waals surface area (Å²) in [5.41, 5.74) is 1.53. The molecule has 21 heavy (non-hydrogen) atoms. The molecule has 1 aromatic rings. The molecule has 1 aliphatic rings. The van der Waals surface area contributed by atoms with Gasteiger partial charge in [-0.2, -0.15) is 0 Å². The van der Waals surface area contributed by atoms with Gasteiger partial charge in [-0.25, -0.2) is 0 Å². The number of hydrogen-bond donors (Lipinski definition) is 1. The van der Waals surface area contributed by atoms with E-state index >= 15 is 0 Å². The molecule has 0 amide bonds. The molecule has 0 spiro atoms. The minimum atomic E-state index is 0.300. The summed E-state index contributed by atoms with van der Waals surface area (Å²) in [4.78, 5) is 0. The van der Waals surface area contributed by atoms with Gasteiger partial charge in [0.2, 0.25) is 0 Å². The van der Waals surface area contributed by atoms with Crippen LogP contribution in [0.25, 0.3) is 0 Å². The van der Waals surface area contributed by atoms with Crippen molar-refractivity contribution in [3.8, 4) is 11.5 Å². The number of methoxy groups -OCH3 is 2. The molecular weight excluding hydrogens is 262 g/mol. The van der Waals surface area contributed by atoms with Crippen LogP contribution in [0.1, 0.15) is 57.6 Å². The maximum atomic E-state index is 5.61. The first-order valence-corrected chi connectivity index (χ1v) is 8.10. The van der Waals surface area contributed by atoms with Crippen LogP contribution in [0.2, 0.25) is 0 Å². The lowest BCUT2D eigenvalue weighted by atomic mass is 9.77. The Morgan fingerprint density at radius 1 is 1.19 bits per heavy atom. The Morgan fingerprint density at radius 3 is 2.48 bits per heavy atom. The first kappa shape index (κ1) is 16.2. The Balaban J connectivity index is 2.39. The van der Waals surface area contributed by atoms with Crippen LogP contribution < -0.4 is 14.8 Å². The monoisotopic (exact) mass is 291 g/mol. The van der Waals surface area contributed by atoms with Crippen LogP contribution in [-0.4, -0.2) is 20.8 Å². The quantitative estimate of drug-likeness (QED) is 0.811. The highest BCUT2D eigenvalue weighted by molar-refractivity contribution is 5.43. The highest BCUT2D eigenvalue weighted by atomic mass is 16.5. The maximum absolute atomic E-state index is 5.61. The summed E-state index contributed by atoms with van der Waals surface area (Å²) < 4.78 is 11.0. The molecule has 1 aliphatic carbocycles. The summed E-state index contributed by atoms with van der Waals surface area (Å²) in [6.45, 7) is 5.65. The van der Waals surface area contributed by atoms with Crippen molar-refractivity contribution in [1.29, 1.82) is 0 Å². The number of benzene rings is 1. The van der Waals surface area contributed by atoms with E-state index in [2.05, 4.69) is 25.2 Å². The normalized spacial score (nSPS) is 18.5. The van der Waals surface area contributed by atoms with Crippen molar-refractivity contribution in [1.82, 2.24) is 5.32 Å². The first-order valence-electron chi connectivity index (χ1n) is 8.10. The van der Waals surface area contributed by atoms with Gasteiger partial charge in [-0.3, -0.25) is 0 Å². The Kier molecular flexibility index (Phi) is 5.51. The molecule has 0 heterocycles. The summed E-state index contributed by atoms with van der Waals surface area (Å²) >= 11 is 0. The second-order valence-corrected chi connectivity index (χ2v) is 6.36. The van der Waals surface area contributed by atoms with Gasteiger partial charge >= 0.3 is 0 Å². The number of nitrogens with one attached hydrogen (secondary N) is 1. The van der Waals surface area contributed by atoms with E-state index in [0.717, 1.165) is 24.5 Å². The zero-order valence-electron chi connectivity index (χ0n) is 13.9. The van der Waals surface area contributed by atoms with Gasteiger partial charge in [0.25, 0.3) is 0 Å². The van der Waals surface area contributed by atoms with Gasteiger partial charge in [-0.05, 0) is 49.4 Å². The Hall–Kier alpha value is -1.22. The second-order valence-electron chi connectivity index (χ2n) is 6.36. The molecule has 0 bridgehead atoms. The standard InChI is InChI=1S/C18H29NO2/c1-5-12-19-17(18(2)10-6-7-11-18)15-13-14(20-3)8-9-16(15)21-4/h8-9,13,17,19H,5-7,10-12H2,1-4H3. The molecule has 3 heteroatoms. The summed E-state index contributed by atoms with van der Waals surface area (Å²) in [6.07, 6.45) is 6.34. The van der Waals surface area contributed by atoms with E-state index in [1.807, 2.05) is 12.1 Å². The van der Waals surface area contributed by atoms with Crippen LogP contribution in [0.3, 0.4) is 0 Å². The SMILES string of the molecule is CCCNC(c1cc(OC)ccc1OC)C1(C)CCCC1. The van der Waals surface area contributed by atoms with Crippen LogP contribution in [0.15, 0.2) is 18.2 Å². The average molecular weight is 291 g/mol. The summed E-state index contributed by atoms with van der Waals surface area (Å²) in [5.74, 6) is 1.85. The zero-order chi connectivity index (χ0) is 15.3. The minimum Gasteiger partial charge on any atom is -0.497 e. The van der Waals surface area contributed by atoms with Crippen LogP contribution in [0.4, 0.5) is 0 Å². The molecule has 1 N–H and O–H groups in total. The van der Waals surface area contributed by atoms with Gasteiger partial charge in [0, 0.05) is 11.6 Å². The lowest BCUT2D eigenvalue weighted by molar-refractivity contribution is 0.218. The van der Waals surface area contributed by atoms with Gasteiger partial charge in [0.05, 0.1) is 14.2 Å². The molecular formula is C18H29NO2. The third-order valence-corrected chi connectivity index (χ3v) is 4.79. The molecule has 118 valence electrons. The fraction of sp³-hybridized carbons (Fsp3) is 0.667. The summed E-state index contributed by atoms with van der Waals surface area (Å²) in [6, 6.07) is 6.45. The second kappa shape index (κ2) is 7.17. The van der Waals surface area contributed by atoms with Crippen LogP contribution in [0.5, 0.6) is 11.5 Å². The molecule has 1 saturated carbocycles. The molecule has 0 radical (unpaired) electrons. The van der Waals surface area contributed by atoms with E-state index in [9.17, 15) is 0 Å². The van der Waals surface area contributed by atoms with Crippen molar-refractivity contribution in [2.24, 2.45) is 5.41 Å². The van der Waals surface area contributed by atoms with Crippen molar-refractivity contribution in [2.75, 3.05) is 20.8 Å². The van der Waals surface area contributed by atoms with Crippen molar-refractivity contribution >= 4 is 0 Å². The van der Waals surface area contributed by atoms with Gasteiger partial charge in [0.15, 0.2) is 0 Å². The van der Waals surface area contributed by atoms with Crippen molar-refractivity contribution in [2.45, 2.75) is 52.0 Å². The Labute approximate surface area is 129 Å². The maximum Gasteiger partial charge on any atom is 0.123 e. The number of hydrogen-bond acceptors (Lipinski definition) is 3. The topological polar surface area (TPSA) is 30.5 Å². The van der Waals surface area contributed by atoms with E-state index in [4.69, 9.17) is 9.47 Å². The number of ether oxygens (including phenoxy) is 2. The Bertz CT molecular complexity index is 453. The fourth-order valence-electron chi connectivity index (χ4n) is 3.56. The fourth-order valence-corrected chi connectivity index (χ4v) is 3.56. The Morgan fingerprint density at radius 2 is 1.90 bits per heavy atom. The molecule has 1 unspecified atom stereocenters. The van der Waals surface area contributed by atoms with Crippen molar-refractivity contribution < 1.29 is 9.47 Å². The summed E-state index contributed by atoms with van der Waals surface area (Å²) in [7, 11) is 3.47. The molecule has 0 aromatic heterocycles. The van der Waals surface area contributed by atoms with E-state index < -0.39 is 0 Å². The van der Waals surface area contributed by atoms with Gasteiger partial charge in [0.1, 0.15) is 11.5 Å². The average Bonchev–Trinajstić information content (AvgIpc) is 2.95. The third-order valence-electron chi connectivity index (χ3n) is 4.79. The lowest BCUT2D eigenvalue weighted by Gasteiger charge is -2.36. The van der Waals surface area contributed by atoms with Gasteiger partial charge in [-0.15, -0.1) is 0 Å². The zero-order valence-corrected chi connectivity index (χ0v) is 13.9. The van der Waals surface area contributed by atoms with E-state index in [1.165, 1.54) is 31.2 Å². The molecule has 0 saturated heterocycles. The van der Waals surface area contributed by atoms with Gasteiger partial charge < -0.3 is 14.8 Å². The molecule has 1 aromatic carbocycles. The number of rotatable bonds is 7. The third kappa shape index (κ3) is 3.52. The van der Waals surface area contributed by atoms with E-state index in [-0.39, 0.29) is 0 Å². The van der Waals surface area contributed by atoms with E-state index in [1.54, 1.807) is 14.2 Å². The minimum absolute atomic E-state index is 0.300. The van der Waals surface area contributed by atoms with Crippen molar-refractivity contribution in [3.05, 3.63) is 23.8 Å². The molecule has 0 aliphatic heterocycles. The molecule has 3 nitrogen and oxygen atoms in total. The molecule has 1 fully saturated rings. The van der Waals surface area contributed by atoms with Crippen LogP contribution >= 0.6 is 0 Å². The molecule has 1 atom stereocenters. The predicted molar refractivity (Wildman–Crippen MR) is 87.2 cm³/mol. The highest BCUT2D eigenvalue weighted by Gasteiger charge is 2.38. The van der Waals surface area contributed by atoms with Gasteiger partial charge in [-0.1, -0.05) is 26.7 Å². The molecule has 2 rings (SSSR count). The largest absolute Gasteiger partial charge is 0.497 e. The first-order chi connectivity index (χ1) is 10.1.